The van der Waals surface area contributed by atoms with Crippen molar-refractivity contribution in [2.45, 2.75) is 13.0 Å². The molecule has 0 saturated heterocycles. The van der Waals surface area contributed by atoms with Crippen LogP contribution in [0.5, 0.6) is 17.2 Å². The summed E-state index contributed by atoms with van der Waals surface area (Å²) in [7, 11) is 4.13. The number of ether oxygens (including phenoxy) is 4. The second-order valence-corrected chi connectivity index (χ2v) is 5.54. The molecule has 1 N–H and O–H groups in total. The Labute approximate surface area is 160 Å². The maximum Gasteiger partial charge on any atom is 0.342 e. The van der Waals surface area contributed by atoms with Crippen LogP contribution in [0.1, 0.15) is 17.3 Å². The molecule has 1 amide bonds. The molecular formula is C19H19F2NO6. The van der Waals surface area contributed by atoms with Crippen LogP contribution in [0.3, 0.4) is 0 Å². The van der Waals surface area contributed by atoms with Crippen molar-refractivity contribution in [1.29, 1.82) is 0 Å². The van der Waals surface area contributed by atoms with Crippen molar-refractivity contribution in [3.8, 4) is 17.2 Å². The first-order valence-corrected chi connectivity index (χ1v) is 8.08. The van der Waals surface area contributed by atoms with E-state index in [4.69, 9.17) is 18.9 Å². The maximum absolute atomic E-state index is 13.6. The Hall–Kier alpha value is -3.36. The van der Waals surface area contributed by atoms with Gasteiger partial charge in [-0.15, -0.1) is 0 Å². The third kappa shape index (κ3) is 4.48. The van der Waals surface area contributed by atoms with Crippen molar-refractivity contribution < 1.29 is 37.3 Å². The predicted molar refractivity (Wildman–Crippen MR) is 96.0 cm³/mol. The van der Waals surface area contributed by atoms with Crippen molar-refractivity contribution in [2.75, 3.05) is 26.6 Å². The van der Waals surface area contributed by atoms with E-state index in [9.17, 15) is 18.4 Å². The van der Waals surface area contributed by atoms with E-state index in [1.165, 1.54) is 40.4 Å². The van der Waals surface area contributed by atoms with Gasteiger partial charge in [0.25, 0.3) is 5.91 Å². The van der Waals surface area contributed by atoms with E-state index in [2.05, 4.69) is 5.32 Å². The first kappa shape index (κ1) is 20.9. The van der Waals surface area contributed by atoms with Crippen molar-refractivity contribution in [1.82, 2.24) is 0 Å². The number of rotatable bonds is 7. The minimum atomic E-state index is -1.30. The second kappa shape index (κ2) is 9.03. The number of methoxy groups -OCH3 is 3. The molecule has 1 atom stereocenters. The summed E-state index contributed by atoms with van der Waals surface area (Å²) in [4.78, 5) is 24.6. The zero-order valence-corrected chi connectivity index (χ0v) is 15.7. The van der Waals surface area contributed by atoms with Gasteiger partial charge in [-0.1, -0.05) is 0 Å². The first-order chi connectivity index (χ1) is 13.3. The average Bonchev–Trinajstić information content (AvgIpc) is 2.68. The number of halogens is 2. The molecular weight excluding hydrogens is 376 g/mol. The zero-order chi connectivity index (χ0) is 20.8. The highest BCUT2D eigenvalue weighted by atomic mass is 19.1. The molecule has 0 heterocycles. The Kier molecular flexibility index (Phi) is 6.75. The highest BCUT2D eigenvalue weighted by Crippen LogP contribution is 2.40. The lowest BCUT2D eigenvalue weighted by Crippen LogP contribution is -2.30. The summed E-state index contributed by atoms with van der Waals surface area (Å²) in [6, 6.07) is 5.47. The van der Waals surface area contributed by atoms with E-state index in [0.717, 1.165) is 18.2 Å². The lowest BCUT2D eigenvalue weighted by molar-refractivity contribution is -0.123. The zero-order valence-electron chi connectivity index (χ0n) is 15.7. The van der Waals surface area contributed by atoms with E-state index < -0.39 is 29.6 Å². The Morgan fingerprint density at radius 1 is 0.964 bits per heavy atom. The van der Waals surface area contributed by atoms with Gasteiger partial charge in [-0.25, -0.2) is 13.6 Å². The third-order valence-corrected chi connectivity index (χ3v) is 3.76. The van der Waals surface area contributed by atoms with Crippen molar-refractivity contribution in [3.63, 3.8) is 0 Å². The topological polar surface area (TPSA) is 83.1 Å². The SMILES string of the molecule is COc1ccc(C(=O)OC(C)C(=O)Nc2cc(F)ccc2F)c(OC)c1OC. The van der Waals surface area contributed by atoms with Gasteiger partial charge in [-0.05, 0) is 31.2 Å². The summed E-state index contributed by atoms with van der Waals surface area (Å²) in [5.41, 5.74) is -0.367. The van der Waals surface area contributed by atoms with Crippen LogP contribution in [-0.4, -0.2) is 39.3 Å². The van der Waals surface area contributed by atoms with Gasteiger partial charge in [0.2, 0.25) is 5.75 Å². The summed E-state index contributed by atoms with van der Waals surface area (Å²) in [5.74, 6) is -2.68. The van der Waals surface area contributed by atoms with E-state index in [0.29, 0.717) is 5.75 Å². The van der Waals surface area contributed by atoms with Crippen LogP contribution in [0, 0.1) is 11.6 Å². The van der Waals surface area contributed by atoms with Crippen LogP contribution in [-0.2, 0) is 9.53 Å². The summed E-state index contributed by atoms with van der Waals surface area (Å²) in [6.07, 6.45) is -1.30. The van der Waals surface area contributed by atoms with E-state index in [-0.39, 0.29) is 22.7 Å². The molecule has 0 aliphatic heterocycles. The molecule has 0 fully saturated rings. The average molecular weight is 395 g/mol. The van der Waals surface area contributed by atoms with Crippen LogP contribution in [0.15, 0.2) is 30.3 Å². The van der Waals surface area contributed by atoms with Crippen LogP contribution in [0.2, 0.25) is 0 Å². The van der Waals surface area contributed by atoms with Crippen LogP contribution < -0.4 is 19.5 Å². The summed E-state index contributed by atoms with van der Waals surface area (Å²) < 4.78 is 47.5. The first-order valence-electron chi connectivity index (χ1n) is 8.08. The summed E-state index contributed by atoms with van der Waals surface area (Å²) >= 11 is 0. The van der Waals surface area contributed by atoms with Crippen LogP contribution >= 0.6 is 0 Å². The molecule has 150 valence electrons. The van der Waals surface area contributed by atoms with Gasteiger partial charge in [0.15, 0.2) is 17.6 Å². The molecule has 2 aromatic carbocycles. The number of benzene rings is 2. The molecule has 28 heavy (non-hydrogen) atoms. The van der Waals surface area contributed by atoms with Gasteiger partial charge in [0.05, 0.1) is 27.0 Å². The van der Waals surface area contributed by atoms with Crippen molar-refractivity contribution >= 4 is 17.6 Å². The molecule has 9 heteroatoms. The molecule has 0 saturated carbocycles. The van der Waals surface area contributed by atoms with Gasteiger partial charge in [0.1, 0.15) is 17.2 Å². The van der Waals surface area contributed by atoms with Crippen LogP contribution in [0.4, 0.5) is 14.5 Å². The normalized spacial score (nSPS) is 11.4. The van der Waals surface area contributed by atoms with Crippen molar-refractivity contribution in [2.24, 2.45) is 0 Å². The second-order valence-electron chi connectivity index (χ2n) is 5.54. The number of carbonyl (C=O) groups excluding carboxylic acids is 2. The fourth-order valence-corrected chi connectivity index (χ4v) is 2.37. The van der Waals surface area contributed by atoms with Gasteiger partial charge in [-0.2, -0.15) is 0 Å². The molecule has 0 radical (unpaired) electrons. The van der Waals surface area contributed by atoms with Crippen LogP contribution in [0.25, 0.3) is 0 Å². The number of amides is 1. The minimum Gasteiger partial charge on any atom is -0.493 e. The fraction of sp³-hybridized carbons (Fsp3) is 0.263. The highest BCUT2D eigenvalue weighted by Gasteiger charge is 2.25. The Bertz CT molecular complexity index is 887. The number of hydrogen-bond donors (Lipinski definition) is 1. The van der Waals surface area contributed by atoms with Gasteiger partial charge in [0, 0.05) is 6.07 Å². The Balaban J connectivity index is 2.18. The molecule has 7 nitrogen and oxygen atoms in total. The molecule has 0 aromatic heterocycles. The minimum absolute atomic E-state index is 0.00302. The van der Waals surface area contributed by atoms with Crippen molar-refractivity contribution in [3.05, 3.63) is 47.5 Å². The lowest BCUT2D eigenvalue weighted by atomic mass is 10.1. The monoisotopic (exact) mass is 395 g/mol. The molecule has 2 aromatic rings. The van der Waals surface area contributed by atoms with Gasteiger partial charge >= 0.3 is 5.97 Å². The molecule has 0 aliphatic rings. The van der Waals surface area contributed by atoms with Gasteiger partial charge < -0.3 is 24.3 Å². The van der Waals surface area contributed by atoms with E-state index in [1.54, 1.807) is 0 Å². The number of esters is 1. The predicted octanol–water partition coefficient (Wildman–Crippen LogP) is 3.17. The Morgan fingerprint density at radius 2 is 1.64 bits per heavy atom. The largest absolute Gasteiger partial charge is 0.493 e. The summed E-state index contributed by atoms with van der Waals surface area (Å²) in [5, 5.41) is 2.17. The smallest absolute Gasteiger partial charge is 0.342 e. The summed E-state index contributed by atoms with van der Waals surface area (Å²) in [6.45, 7) is 1.29. The number of carbonyl (C=O) groups is 2. The molecule has 1 unspecified atom stereocenters. The molecule has 0 spiro atoms. The number of nitrogens with one attached hydrogen (secondary N) is 1. The maximum atomic E-state index is 13.6. The fourth-order valence-electron chi connectivity index (χ4n) is 2.37. The standard InChI is InChI=1S/C19H19F2NO6/c1-10(18(23)22-14-9-11(20)5-7-13(14)21)28-19(24)12-6-8-15(25-2)17(27-4)16(12)26-3/h5-10H,1-4H3,(H,22,23). The quantitative estimate of drug-likeness (QED) is 0.725. The highest BCUT2D eigenvalue weighted by molar-refractivity contribution is 5.99. The molecule has 2 rings (SSSR count). The third-order valence-electron chi connectivity index (χ3n) is 3.76. The number of anilines is 1. The molecule has 0 bridgehead atoms. The van der Waals surface area contributed by atoms with Gasteiger partial charge in [-0.3, -0.25) is 4.79 Å². The van der Waals surface area contributed by atoms with E-state index >= 15 is 0 Å². The molecule has 0 aliphatic carbocycles. The lowest BCUT2D eigenvalue weighted by Gasteiger charge is -2.17. The Morgan fingerprint density at radius 3 is 2.25 bits per heavy atom. The number of hydrogen-bond acceptors (Lipinski definition) is 6. The van der Waals surface area contributed by atoms with E-state index in [1.807, 2.05) is 0 Å².